The third kappa shape index (κ3) is 4.00. The highest BCUT2D eigenvalue weighted by Gasteiger charge is 2.19. The van der Waals surface area contributed by atoms with Gasteiger partial charge in [0.25, 0.3) is 5.91 Å². The lowest BCUT2D eigenvalue weighted by Crippen LogP contribution is -2.44. The third-order valence-corrected chi connectivity index (χ3v) is 5.04. The molecule has 7 nitrogen and oxygen atoms in total. The van der Waals surface area contributed by atoms with Gasteiger partial charge in [-0.25, -0.2) is 9.67 Å². The number of pyridine rings is 1. The number of nitrogens with one attached hydrogen (secondary N) is 1. The number of aromatic nitrogens is 3. The van der Waals surface area contributed by atoms with Crippen molar-refractivity contribution in [1.29, 1.82) is 0 Å². The normalized spacial score (nSPS) is 14.9. The molecular formula is C20H21ClN6O. The molecule has 1 amide bonds. The molecule has 0 aliphatic carbocycles. The Morgan fingerprint density at radius 3 is 2.64 bits per heavy atom. The molecule has 3 aromatic rings. The van der Waals surface area contributed by atoms with Crippen LogP contribution < -0.4 is 10.2 Å². The number of carbonyl (C=O) groups is 1. The van der Waals surface area contributed by atoms with E-state index in [2.05, 4.69) is 32.2 Å². The Hall–Kier alpha value is -2.90. The molecule has 0 atom stereocenters. The Bertz CT molecular complexity index is 949. The van der Waals surface area contributed by atoms with Crippen LogP contribution in [0.2, 0.25) is 5.02 Å². The van der Waals surface area contributed by atoms with Crippen LogP contribution in [0, 0.1) is 0 Å². The van der Waals surface area contributed by atoms with E-state index in [1.54, 1.807) is 41.5 Å². The van der Waals surface area contributed by atoms with Crippen molar-refractivity contribution in [2.24, 2.45) is 0 Å². The number of piperazine rings is 1. The fourth-order valence-electron chi connectivity index (χ4n) is 3.19. The molecule has 1 aliphatic rings. The van der Waals surface area contributed by atoms with Gasteiger partial charge in [-0.3, -0.25) is 4.79 Å². The molecule has 0 radical (unpaired) electrons. The van der Waals surface area contributed by atoms with Crippen molar-refractivity contribution in [2.75, 3.05) is 43.4 Å². The van der Waals surface area contributed by atoms with E-state index in [1.165, 1.54) is 0 Å². The number of likely N-dealkylation sites (N-methyl/N-ethyl adjacent to an activating group) is 1. The second kappa shape index (κ2) is 8.00. The van der Waals surface area contributed by atoms with E-state index in [0.29, 0.717) is 22.1 Å². The molecule has 28 heavy (non-hydrogen) atoms. The van der Waals surface area contributed by atoms with Crippen LogP contribution >= 0.6 is 11.6 Å². The summed E-state index contributed by atoms with van der Waals surface area (Å²) in [7, 11) is 2.11. The van der Waals surface area contributed by atoms with Gasteiger partial charge in [0.1, 0.15) is 0 Å². The fourth-order valence-corrected chi connectivity index (χ4v) is 3.36. The summed E-state index contributed by atoms with van der Waals surface area (Å²) >= 11 is 6.19. The maximum Gasteiger partial charge on any atom is 0.257 e. The minimum Gasteiger partial charge on any atom is -0.367 e. The number of carbonyl (C=O) groups excluding carboxylic acids is 1. The number of hydrogen-bond donors (Lipinski definition) is 1. The molecule has 144 valence electrons. The zero-order valence-electron chi connectivity index (χ0n) is 15.5. The lowest BCUT2D eigenvalue weighted by Gasteiger charge is -2.35. The minimum atomic E-state index is -0.225. The van der Waals surface area contributed by atoms with Crippen LogP contribution in [-0.2, 0) is 0 Å². The van der Waals surface area contributed by atoms with Crippen molar-refractivity contribution in [3.05, 3.63) is 65.6 Å². The second-order valence-corrected chi connectivity index (χ2v) is 7.20. The average molecular weight is 397 g/mol. The summed E-state index contributed by atoms with van der Waals surface area (Å²) in [5.41, 5.74) is 2.16. The molecule has 2 aromatic heterocycles. The van der Waals surface area contributed by atoms with E-state index in [4.69, 9.17) is 11.6 Å². The van der Waals surface area contributed by atoms with Crippen molar-refractivity contribution in [1.82, 2.24) is 19.7 Å². The summed E-state index contributed by atoms with van der Waals surface area (Å²) in [5.74, 6) is 0.430. The van der Waals surface area contributed by atoms with Crippen molar-refractivity contribution in [3.63, 3.8) is 0 Å². The maximum atomic E-state index is 12.8. The largest absolute Gasteiger partial charge is 0.367 e. The number of hydrogen-bond acceptors (Lipinski definition) is 5. The van der Waals surface area contributed by atoms with Crippen LogP contribution in [0.3, 0.4) is 0 Å². The lowest BCUT2D eigenvalue weighted by molar-refractivity contribution is 0.102. The van der Waals surface area contributed by atoms with Crippen molar-refractivity contribution in [2.45, 2.75) is 0 Å². The highest BCUT2D eigenvalue weighted by molar-refractivity contribution is 6.31. The van der Waals surface area contributed by atoms with Gasteiger partial charge >= 0.3 is 0 Å². The number of benzene rings is 1. The smallest absolute Gasteiger partial charge is 0.257 e. The summed E-state index contributed by atoms with van der Waals surface area (Å²) < 4.78 is 1.64. The van der Waals surface area contributed by atoms with E-state index in [9.17, 15) is 4.79 Å². The van der Waals surface area contributed by atoms with Crippen LogP contribution in [0.5, 0.6) is 0 Å². The minimum absolute atomic E-state index is 0.225. The molecular weight excluding hydrogens is 376 g/mol. The Morgan fingerprint density at radius 1 is 1.14 bits per heavy atom. The first-order valence-electron chi connectivity index (χ1n) is 9.10. The monoisotopic (exact) mass is 396 g/mol. The number of nitrogens with zero attached hydrogens (tertiary/aromatic N) is 5. The quantitative estimate of drug-likeness (QED) is 0.734. The Morgan fingerprint density at radius 2 is 1.96 bits per heavy atom. The molecule has 0 bridgehead atoms. The molecule has 1 N–H and O–H groups in total. The van der Waals surface area contributed by atoms with Gasteiger partial charge in [0.05, 0.1) is 16.9 Å². The first-order chi connectivity index (χ1) is 13.6. The van der Waals surface area contributed by atoms with Crippen LogP contribution in [-0.4, -0.2) is 58.8 Å². The SMILES string of the molecule is CN1CCN(c2ccc(Cl)cc2NC(=O)c2ccc(-n3cccn3)nc2)CC1. The Balaban J connectivity index is 1.53. The van der Waals surface area contributed by atoms with Gasteiger partial charge in [-0.1, -0.05) is 11.6 Å². The molecule has 8 heteroatoms. The van der Waals surface area contributed by atoms with Crippen LogP contribution in [0.4, 0.5) is 11.4 Å². The summed E-state index contributed by atoms with van der Waals surface area (Å²) in [5, 5.41) is 7.71. The predicted octanol–water partition coefficient (Wildman–Crippen LogP) is 2.92. The lowest BCUT2D eigenvalue weighted by atomic mass is 10.2. The van der Waals surface area contributed by atoms with E-state index >= 15 is 0 Å². The standard InChI is InChI=1S/C20H21ClN6O/c1-25-9-11-26(12-10-25)18-5-4-16(21)13-17(18)24-20(28)15-3-6-19(22-14-15)27-8-2-7-23-27/h2-8,13-14H,9-12H2,1H3,(H,24,28). The molecule has 4 rings (SSSR count). The molecule has 1 fully saturated rings. The molecule has 1 saturated heterocycles. The maximum absolute atomic E-state index is 12.8. The van der Waals surface area contributed by atoms with Gasteiger partial charge < -0.3 is 15.1 Å². The third-order valence-electron chi connectivity index (χ3n) is 4.80. The van der Waals surface area contributed by atoms with Gasteiger partial charge in [-0.2, -0.15) is 5.10 Å². The summed E-state index contributed by atoms with van der Waals surface area (Å²) in [6.07, 6.45) is 5.03. The van der Waals surface area contributed by atoms with Crippen molar-refractivity contribution >= 4 is 28.9 Å². The van der Waals surface area contributed by atoms with Gasteiger partial charge in [-0.15, -0.1) is 0 Å². The average Bonchev–Trinajstić information content (AvgIpc) is 3.24. The second-order valence-electron chi connectivity index (χ2n) is 6.76. The first kappa shape index (κ1) is 18.5. The van der Waals surface area contributed by atoms with E-state index in [-0.39, 0.29) is 5.91 Å². The summed E-state index contributed by atoms with van der Waals surface area (Å²) in [4.78, 5) is 21.6. The summed E-state index contributed by atoms with van der Waals surface area (Å²) in [6.45, 7) is 3.77. The Labute approximate surface area is 168 Å². The van der Waals surface area contributed by atoms with Crippen molar-refractivity contribution in [3.8, 4) is 5.82 Å². The fraction of sp³-hybridized carbons (Fsp3) is 0.250. The van der Waals surface area contributed by atoms with E-state index in [0.717, 1.165) is 31.9 Å². The number of rotatable bonds is 4. The first-order valence-corrected chi connectivity index (χ1v) is 9.48. The van der Waals surface area contributed by atoms with Crippen molar-refractivity contribution < 1.29 is 4.79 Å². The zero-order valence-corrected chi connectivity index (χ0v) is 16.3. The van der Waals surface area contributed by atoms with E-state index in [1.807, 2.05) is 18.2 Å². The molecule has 0 saturated carbocycles. The topological polar surface area (TPSA) is 66.3 Å². The molecule has 1 aromatic carbocycles. The number of anilines is 2. The van der Waals surface area contributed by atoms with Gasteiger partial charge in [0.15, 0.2) is 5.82 Å². The highest BCUT2D eigenvalue weighted by Crippen LogP contribution is 2.30. The molecule has 1 aliphatic heterocycles. The van der Waals surface area contributed by atoms with Crippen LogP contribution in [0.15, 0.2) is 55.0 Å². The Kier molecular flexibility index (Phi) is 5.27. The molecule has 0 unspecified atom stereocenters. The zero-order chi connectivity index (χ0) is 19.5. The van der Waals surface area contributed by atoms with Crippen LogP contribution in [0.1, 0.15) is 10.4 Å². The number of amides is 1. The number of halogens is 1. The van der Waals surface area contributed by atoms with Gasteiger partial charge in [0.2, 0.25) is 0 Å². The predicted molar refractivity (Wildman–Crippen MR) is 110 cm³/mol. The van der Waals surface area contributed by atoms with Crippen LogP contribution in [0.25, 0.3) is 5.82 Å². The van der Waals surface area contributed by atoms with E-state index < -0.39 is 0 Å². The van der Waals surface area contributed by atoms with Gasteiger partial charge in [-0.05, 0) is 43.4 Å². The molecule has 3 heterocycles. The summed E-state index contributed by atoms with van der Waals surface area (Å²) in [6, 6.07) is 10.9. The highest BCUT2D eigenvalue weighted by atomic mass is 35.5. The molecule has 0 spiro atoms. The van der Waals surface area contributed by atoms with Gasteiger partial charge in [0, 0.05) is 49.8 Å².